The first-order valence-corrected chi connectivity index (χ1v) is 10.9. The highest BCUT2D eigenvalue weighted by Gasteiger charge is 2.29. The van der Waals surface area contributed by atoms with Crippen molar-refractivity contribution in [3.05, 3.63) is 105 Å². The number of ether oxygens (including phenoxy) is 3. The van der Waals surface area contributed by atoms with E-state index in [-0.39, 0.29) is 24.3 Å². The van der Waals surface area contributed by atoms with E-state index in [1.54, 1.807) is 36.4 Å². The third-order valence-electron chi connectivity index (χ3n) is 5.36. The lowest BCUT2D eigenvalue weighted by atomic mass is 10.0. The van der Waals surface area contributed by atoms with Gasteiger partial charge in [-0.15, -0.1) is 0 Å². The molecule has 4 nitrogen and oxygen atoms in total. The van der Waals surface area contributed by atoms with Gasteiger partial charge in [-0.1, -0.05) is 47.5 Å². The fourth-order valence-corrected chi connectivity index (χ4v) is 4.09. The molecular weight excluding hydrogens is 447 g/mol. The van der Waals surface area contributed by atoms with E-state index >= 15 is 0 Å². The Balaban J connectivity index is 1.35. The van der Waals surface area contributed by atoms with Crippen molar-refractivity contribution < 1.29 is 19.0 Å². The SMILES string of the molecule is C[C@H]1Oc2ccccc2C=C1/C=C1\Oc2cc(OCc3ccc(Cl)cc3Cl)ccc2C1=O. The number of hydrogen-bond acceptors (Lipinski definition) is 4. The first-order valence-electron chi connectivity index (χ1n) is 10.1. The Hall–Kier alpha value is -3.21. The second-order valence-electron chi connectivity index (χ2n) is 7.56. The lowest BCUT2D eigenvalue weighted by Gasteiger charge is -2.22. The Morgan fingerprint density at radius 2 is 1.88 bits per heavy atom. The highest BCUT2D eigenvalue weighted by molar-refractivity contribution is 6.35. The van der Waals surface area contributed by atoms with Gasteiger partial charge in [0.25, 0.3) is 0 Å². The highest BCUT2D eigenvalue weighted by atomic mass is 35.5. The standard InChI is InChI=1S/C26H18Cl2O4/c1-15-18(10-16-4-2-3-5-23(16)31-15)11-25-26(29)21-9-8-20(13-24(21)32-25)30-14-17-6-7-19(27)12-22(17)28/h2-13,15H,14H2,1H3/b25-11-/t15-/m1/s1. The number of Topliss-reactive ketones (excluding diaryl/α,β-unsaturated/α-hetero) is 1. The molecule has 160 valence electrons. The van der Waals surface area contributed by atoms with Crippen molar-refractivity contribution in [3.63, 3.8) is 0 Å². The molecule has 32 heavy (non-hydrogen) atoms. The molecule has 2 aliphatic rings. The molecular formula is C26H18Cl2O4. The molecule has 3 aromatic carbocycles. The van der Waals surface area contributed by atoms with E-state index in [1.807, 2.05) is 43.3 Å². The van der Waals surface area contributed by atoms with Gasteiger partial charge >= 0.3 is 0 Å². The van der Waals surface area contributed by atoms with Crippen LogP contribution in [-0.2, 0) is 6.61 Å². The Bertz CT molecular complexity index is 1290. The van der Waals surface area contributed by atoms with Gasteiger partial charge < -0.3 is 14.2 Å². The molecule has 0 unspecified atom stereocenters. The minimum atomic E-state index is -0.194. The predicted molar refractivity (Wildman–Crippen MR) is 125 cm³/mol. The van der Waals surface area contributed by atoms with Crippen molar-refractivity contribution in [2.24, 2.45) is 0 Å². The number of fused-ring (bicyclic) bond motifs is 2. The van der Waals surface area contributed by atoms with Crippen LogP contribution in [0, 0.1) is 0 Å². The molecule has 0 fully saturated rings. The third-order valence-corrected chi connectivity index (χ3v) is 5.95. The second-order valence-corrected chi connectivity index (χ2v) is 8.41. The molecule has 0 saturated carbocycles. The monoisotopic (exact) mass is 464 g/mol. The lowest BCUT2D eigenvalue weighted by molar-refractivity contribution is 0.101. The first-order chi connectivity index (χ1) is 15.5. The summed E-state index contributed by atoms with van der Waals surface area (Å²) in [5, 5.41) is 1.10. The number of carbonyl (C=O) groups excluding carboxylic acids is 1. The molecule has 0 aliphatic carbocycles. The molecule has 5 rings (SSSR count). The van der Waals surface area contributed by atoms with Gasteiger partial charge in [0.15, 0.2) is 5.76 Å². The van der Waals surface area contributed by atoms with Crippen LogP contribution < -0.4 is 14.2 Å². The molecule has 0 aromatic heterocycles. The smallest absolute Gasteiger partial charge is 0.231 e. The van der Waals surface area contributed by atoms with Crippen molar-refractivity contribution in [2.45, 2.75) is 19.6 Å². The zero-order valence-electron chi connectivity index (χ0n) is 17.1. The molecule has 0 bridgehead atoms. The summed E-state index contributed by atoms with van der Waals surface area (Å²) in [5.74, 6) is 1.96. The summed E-state index contributed by atoms with van der Waals surface area (Å²) in [6.07, 6.45) is 3.57. The number of rotatable bonds is 4. The largest absolute Gasteiger partial charge is 0.489 e. The summed E-state index contributed by atoms with van der Waals surface area (Å²) in [6, 6.07) is 18.2. The second kappa shape index (κ2) is 8.38. The van der Waals surface area contributed by atoms with E-state index in [0.29, 0.717) is 27.1 Å². The van der Waals surface area contributed by atoms with Crippen LogP contribution in [0.25, 0.3) is 6.08 Å². The number of carbonyl (C=O) groups is 1. The number of allylic oxidation sites excluding steroid dienone is 1. The maximum absolute atomic E-state index is 12.9. The van der Waals surface area contributed by atoms with E-state index < -0.39 is 0 Å². The van der Waals surface area contributed by atoms with Crippen LogP contribution in [0.4, 0.5) is 0 Å². The van der Waals surface area contributed by atoms with Crippen LogP contribution in [0.5, 0.6) is 17.2 Å². The lowest BCUT2D eigenvalue weighted by Crippen LogP contribution is -2.18. The van der Waals surface area contributed by atoms with Crippen LogP contribution in [0.15, 0.2) is 78.1 Å². The van der Waals surface area contributed by atoms with E-state index in [2.05, 4.69) is 0 Å². The average molecular weight is 465 g/mol. The Kier molecular flexibility index (Phi) is 5.41. The molecule has 2 aliphatic heterocycles. The zero-order chi connectivity index (χ0) is 22.2. The zero-order valence-corrected chi connectivity index (χ0v) is 18.6. The number of halogens is 2. The van der Waals surface area contributed by atoms with Crippen LogP contribution in [-0.4, -0.2) is 11.9 Å². The van der Waals surface area contributed by atoms with Crippen molar-refractivity contribution in [1.82, 2.24) is 0 Å². The molecule has 6 heteroatoms. The fourth-order valence-electron chi connectivity index (χ4n) is 3.63. The number of hydrogen-bond donors (Lipinski definition) is 0. The van der Waals surface area contributed by atoms with Gasteiger partial charge in [-0.2, -0.15) is 0 Å². The van der Waals surface area contributed by atoms with Crippen LogP contribution in [0.1, 0.15) is 28.4 Å². The summed E-state index contributed by atoms with van der Waals surface area (Å²) >= 11 is 12.1. The van der Waals surface area contributed by atoms with Crippen LogP contribution >= 0.6 is 23.2 Å². The summed E-state index contributed by atoms with van der Waals surface area (Å²) in [5.41, 5.74) is 3.15. The summed E-state index contributed by atoms with van der Waals surface area (Å²) in [4.78, 5) is 12.9. The maximum atomic E-state index is 12.9. The van der Waals surface area contributed by atoms with E-state index in [1.165, 1.54) is 0 Å². The molecule has 3 aromatic rings. The normalized spacial score (nSPS) is 17.8. The highest BCUT2D eigenvalue weighted by Crippen LogP contribution is 2.37. The molecule has 1 atom stereocenters. The van der Waals surface area contributed by atoms with Gasteiger partial charge in [0.1, 0.15) is 30.0 Å². The van der Waals surface area contributed by atoms with Gasteiger partial charge in [-0.25, -0.2) is 0 Å². The first kappa shape index (κ1) is 20.7. The quantitative estimate of drug-likeness (QED) is 0.394. The predicted octanol–water partition coefficient (Wildman–Crippen LogP) is 6.90. The van der Waals surface area contributed by atoms with Gasteiger partial charge in [0.2, 0.25) is 5.78 Å². The average Bonchev–Trinajstić information content (AvgIpc) is 3.08. The fraction of sp³-hybridized carbons (Fsp3) is 0.115. The van der Waals surface area contributed by atoms with Gasteiger partial charge in [0, 0.05) is 27.2 Å². The van der Waals surface area contributed by atoms with Crippen molar-refractivity contribution in [2.75, 3.05) is 0 Å². The minimum Gasteiger partial charge on any atom is -0.489 e. The number of para-hydroxylation sites is 1. The van der Waals surface area contributed by atoms with Gasteiger partial charge in [-0.3, -0.25) is 4.79 Å². The van der Waals surface area contributed by atoms with Gasteiger partial charge in [-0.05, 0) is 55.0 Å². The summed E-state index contributed by atoms with van der Waals surface area (Å²) in [6.45, 7) is 2.21. The summed E-state index contributed by atoms with van der Waals surface area (Å²) < 4.78 is 17.7. The Labute approximate surface area is 195 Å². The third kappa shape index (κ3) is 3.99. The molecule has 0 radical (unpaired) electrons. The van der Waals surface area contributed by atoms with E-state index in [9.17, 15) is 4.79 Å². The molecule has 0 amide bonds. The Morgan fingerprint density at radius 1 is 1.03 bits per heavy atom. The topological polar surface area (TPSA) is 44.8 Å². The Morgan fingerprint density at radius 3 is 2.72 bits per heavy atom. The van der Waals surface area contributed by atoms with Crippen molar-refractivity contribution >= 4 is 35.1 Å². The van der Waals surface area contributed by atoms with Crippen LogP contribution in [0.2, 0.25) is 10.0 Å². The minimum absolute atomic E-state index is 0.167. The van der Waals surface area contributed by atoms with E-state index in [0.717, 1.165) is 22.4 Å². The summed E-state index contributed by atoms with van der Waals surface area (Å²) in [7, 11) is 0. The van der Waals surface area contributed by atoms with Gasteiger partial charge in [0.05, 0.1) is 5.56 Å². The molecule has 0 spiro atoms. The maximum Gasteiger partial charge on any atom is 0.231 e. The molecule has 2 heterocycles. The number of ketones is 1. The van der Waals surface area contributed by atoms with Crippen LogP contribution in [0.3, 0.4) is 0 Å². The van der Waals surface area contributed by atoms with E-state index in [4.69, 9.17) is 37.4 Å². The number of benzene rings is 3. The molecule has 0 saturated heterocycles. The van der Waals surface area contributed by atoms with Crippen molar-refractivity contribution in [1.29, 1.82) is 0 Å². The van der Waals surface area contributed by atoms with Crippen molar-refractivity contribution in [3.8, 4) is 17.2 Å². The molecule has 0 N–H and O–H groups in total.